The zero-order valence-corrected chi connectivity index (χ0v) is 10.4. The van der Waals surface area contributed by atoms with Crippen LogP contribution in [0, 0.1) is 5.92 Å². The summed E-state index contributed by atoms with van der Waals surface area (Å²) in [7, 11) is 0. The highest BCUT2D eigenvalue weighted by atomic mass is 16.2. The van der Waals surface area contributed by atoms with E-state index in [9.17, 15) is 4.79 Å². The Hall–Kier alpha value is -1.39. The average Bonchev–Trinajstić information content (AvgIpc) is 2.30. The third kappa shape index (κ3) is 4.54. The molecule has 4 nitrogen and oxygen atoms in total. The third-order valence-corrected chi connectivity index (χ3v) is 2.60. The molecule has 0 aliphatic heterocycles. The Morgan fingerprint density at radius 2 is 1.65 bits per heavy atom. The van der Waals surface area contributed by atoms with Gasteiger partial charge in [-0.2, -0.15) is 0 Å². The first kappa shape index (κ1) is 13.7. The van der Waals surface area contributed by atoms with Gasteiger partial charge in [-0.15, -0.1) is 0 Å². The van der Waals surface area contributed by atoms with Crippen LogP contribution in [0.25, 0.3) is 0 Å². The predicted molar refractivity (Wildman–Crippen MR) is 69.0 cm³/mol. The quantitative estimate of drug-likeness (QED) is 0.400. The van der Waals surface area contributed by atoms with Crippen molar-refractivity contribution in [2.24, 2.45) is 17.5 Å². The molecule has 17 heavy (non-hydrogen) atoms. The third-order valence-electron chi connectivity index (χ3n) is 2.60. The Kier molecular flexibility index (Phi) is 5.12. The maximum absolute atomic E-state index is 11.2. The summed E-state index contributed by atoms with van der Waals surface area (Å²) in [6, 6.07) is 7.61. The van der Waals surface area contributed by atoms with Crippen molar-refractivity contribution in [3.8, 4) is 0 Å². The number of carbonyl (C=O) groups is 1. The van der Waals surface area contributed by atoms with E-state index in [0.29, 0.717) is 12.3 Å². The molecular formula is C13H21N3O. The van der Waals surface area contributed by atoms with E-state index < -0.39 is 6.04 Å². The molecule has 1 aromatic rings. The van der Waals surface area contributed by atoms with E-state index in [2.05, 4.69) is 31.4 Å². The Labute approximate surface area is 102 Å². The van der Waals surface area contributed by atoms with E-state index in [4.69, 9.17) is 11.6 Å². The van der Waals surface area contributed by atoms with Gasteiger partial charge < -0.3 is 5.73 Å². The number of amides is 1. The zero-order valence-electron chi connectivity index (χ0n) is 10.4. The van der Waals surface area contributed by atoms with Crippen molar-refractivity contribution >= 4 is 5.91 Å². The maximum atomic E-state index is 11.2. The van der Waals surface area contributed by atoms with Crippen LogP contribution >= 0.6 is 0 Å². The van der Waals surface area contributed by atoms with Crippen molar-refractivity contribution in [2.75, 3.05) is 0 Å². The lowest BCUT2D eigenvalue weighted by Crippen LogP contribution is -2.45. The van der Waals surface area contributed by atoms with E-state index in [1.165, 1.54) is 5.56 Å². The first-order valence-electron chi connectivity index (χ1n) is 5.86. The summed E-state index contributed by atoms with van der Waals surface area (Å²) in [6.45, 7) is 4.38. The molecule has 5 N–H and O–H groups in total. The lowest BCUT2D eigenvalue weighted by molar-refractivity contribution is -0.122. The number of nitrogens with two attached hydrogens (primary N) is 2. The normalized spacial score (nSPS) is 12.5. The minimum atomic E-state index is -0.587. The Morgan fingerprint density at radius 3 is 2.06 bits per heavy atom. The molecule has 0 fully saturated rings. The number of benzene rings is 1. The van der Waals surface area contributed by atoms with Gasteiger partial charge in [-0.25, -0.2) is 5.84 Å². The number of hydrazine groups is 1. The SMILES string of the molecule is CC(C)Cc1ccc(CC(N)C(=O)NN)cc1. The fourth-order valence-electron chi connectivity index (χ4n) is 1.74. The van der Waals surface area contributed by atoms with Gasteiger partial charge in [0.15, 0.2) is 0 Å². The molecule has 94 valence electrons. The van der Waals surface area contributed by atoms with Crippen LogP contribution in [0.3, 0.4) is 0 Å². The number of carbonyl (C=O) groups excluding carboxylic acids is 1. The molecule has 1 unspecified atom stereocenters. The summed E-state index contributed by atoms with van der Waals surface area (Å²) in [5.41, 5.74) is 10.1. The molecule has 1 aromatic carbocycles. The molecule has 0 aliphatic carbocycles. The summed E-state index contributed by atoms with van der Waals surface area (Å²) < 4.78 is 0. The second-order valence-corrected chi connectivity index (χ2v) is 4.73. The summed E-state index contributed by atoms with van der Waals surface area (Å²) in [5, 5.41) is 0. The topological polar surface area (TPSA) is 81.1 Å². The van der Waals surface area contributed by atoms with E-state index in [1.807, 2.05) is 12.1 Å². The molecule has 0 radical (unpaired) electrons. The van der Waals surface area contributed by atoms with Gasteiger partial charge in [0.2, 0.25) is 0 Å². The summed E-state index contributed by atoms with van der Waals surface area (Å²) >= 11 is 0. The molecule has 1 atom stereocenters. The Bertz CT molecular complexity index is 359. The van der Waals surface area contributed by atoms with Crippen LogP contribution in [-0.4, -0.2) is 11.9 Å². The second kappa shape index (κ2) is 6.37. The van der Waals surface area contributed by atoms with Crippen LogP contribution in [-0.2, 0) is 17.6 Å². The standard InChI is InChI=1S/C13H21N3O/c1-9(2)7-10-3-5-11(6-4-10)8-12(14)13(17)16-15/h3-6,9,12H,7-8,14-15H2,1-2H3,(H,16,17). The zero-order chi connectivity index (χ0) is 12.8. The van der Waals surface area contributed by atoms with Crippen molar-refractivity contribution in [1.29, 1.82) is 0 Å². The molecule has 0 saturated heterocycles. The molecule has 4 heteroatoms. The largest absolute Gasteiger partial charge is 0.320 e. The van der Waals surface area contributed by atoms with Gasteiger partial charge in [0.1, 0.15) is 0 Å². The molecule has 0 heterocycles. The highest BCUT2D eigenvalue weighted by molar-refractivity contribution is 5.81. The molecule has 0 saturated carbocycles. The molecule has 0 aromatic heterocycles. The van der Waals surface area contributed by atoms with Crippen molar-refractivity contribution in [3.63, 3.8) is 0 Å². The second-order valence-electron chi connectivity index (χ2n) is 4.73. The van der Waals surface area contributed by atoms with Gasteiger partial charge in [0.25, 0.3) is 5.91 Å². The van der Waals surface area contributed by atoms with Gasteiger partial charge in [-0.05, 0) is 29.9 Å². The van der Waals surface area contributed by atoms with Crippen LogP contribution in [0.1, 0.15) is 25.0 Å². The number of nitrogens with one attached hydrogen (secondary N) is 1. The first-order valence-corrected chi connectivity index (χ1v) is 5.86. The Morgan fingerprint density at radius 1 is 1.18 bits per heavy atom. The molecular weight excluding hydrogens is 214 g/mol. The predicted octanol–water partition coefficient (Wildman–Crippen LogP) is 0.745. The van der Waals surface area contributed by atoms with Gasteiger partial charge in [-0.3, -0.25) is 10.2 Å². The molecule has 1 amide bonds. The summed E-state index contributed by atoms with van der Waals surface area (Å²) in [5.74, 6) is 5.33. The van der Waals surface area contributed by atoms with Gasteiger partial charge >= 0.3 is 0 Å². The number of hydrogen-bond acceptors (Lipinski definition) is 3. The van der Waals surface area contributed by atoms with E-state index >= 15 is 0 Å². The highest BCUT2D eigenvalue weighted by Crippen LogP contribution is 2.10. The monoisotopic (exact) mass is 235 g/mol. The van der Waals surface area contributed by atoms with Crippen LogP contribution in [0.4, 0.5) is 0 Å². The molecule has 0 bridgehead atoms. The van der Waals surface area contributed by atoms with Crippen molar-refractivity contribution in [1.82, 2.24) is 5.43 Å². The number of hydrogen-bond donors (Lipinski definition) is 3. The van der Waals surface area contributed by atoms with Gasteiger partial charge in [-0.1, -0.05) is 38.1 Å². The fourth-order valence-corrected chi connectivity index (χ4v) is 1.74. The van der Waals surface area contributed by atoms with Gasteiger partial charge in [0.05, 0.1) is 6.04 Å². The maximum Gasteiger partial charge on any atom is 0.251 e. The van der Waals surface area contributed by atoms with Gasteiger partial charge in [0, 0.05) is 0 Å². The molecule has 0 spiro atoms. The highest BCUT2D eigenvalue weighted by Gasteiger charge is 2.12. The van der Waals surface area contributed by atoms with Crippen molar-refractivity contribution in [3.05, 3.63) is 35.4 Å². The first-order chi connectivity index (χ1) is 8.02. The molecule has 0 aliphatic rings. The Balaban J connectivity index is 2.59. The lowest BCUT2D eigenvalue weighted by atomic mass is 9.99. The average molecular weight is 235 g/mol. The smallest absolute Gasteiger partial charge is 0.251 e. The van der Waals surface area contributed by atoms with E-state index in [0.717, 1.165) is 12.0 Å². The van der Waals surface area contributed by atoms with Crippen LogP contribution in [0.15, 0.2) is 24.3 Å². The number of rotatable bonds is 5. The van der Waals surface area contributed by atoms with Crippen molar-refractivity contribution in [2.45, 2.75) is 32.7 Å². The van der Waals surface area contributed by atoms with Crippen LogP contribution < -0.4 is 17.0 Å². The van der Waals surface area contributed by atoms with Crippen molar-refractivity contribution < 1.29 is 4.79 Å². The van der Waals surface area contributed by atoms with E-state index in [1.54, 1.807) is 0 Å². The lowest BCUT2D eigenvalue weighted by Gasteiger charge is -2.10. The van der Waals surface area contributed by atoms with E-state index in [-0.39, 0.29) is 5.91 Å². The van der Waals surface area contributed by atoms with Crippen LogP contribution in [0.5, 0.6) is 0 Å². The summed E-state index contributed by atoms with van der Waals surface area (Å²) in [6.07, 6.45) is 1.57. The minimum Gasteiger partial charge on any atom is -0.320 e. The van der Waals surface area contributed by atoms with Crippen LogP contribution in [0.2, 0.25) is 0 Å². The minimum absolute atomic E-state index is 0.337. The molecule has 1 rings (SSSR count). The summed E-state index contributed by atoms with van der Waals surface area (Å²) in [4.78, 5) is 11.2. The fraction of sp³-hybridized carbons (Fsp3) is 0.462.